The monoisotopic (exact) mass is 188 g/mol. The van der Waals surface area contributed by atoms with E-state index in [1.165, 1.54) is 11.3 Å². The Morgan fingerprint density at radius 1 is 1.83 bits per heavy atom. The molecule has 1 unspecified atom stereocenters. The molecule has 0 aromatic carbocycles. The number of ether oxygens (including phenoxy) is 1. The summed E-state index contributed by atoms with van der Waals surface area (Å²) in [6, 6.07) is 0. The highest BCUT2D eigenvalue weighted by Crippen LogP contribution is 2.27. The molecule has 0 amide bonds. The van der Waals surface area contributed by atoms with E-state index in [0.29, 0.717) is 5.13 Å². The number of thiazole rings is 1. The van der Waals surface area contributed by atoms with Crippen molar-refractivity contribution in [1.82, 2.24) is 4.98 Å². The standard InChI is InChI=1S/C7H12N2O2S/c1-7(10,4-11-2)5-3-9-6(8)12-5/h3,10H,4H2,1-2H3,(H2,8,9). The van der Waals surface area contributed by atoms with Crippen LogP contribution in [0.4, 0.5) is 5.13 Å². The first kappa shape index (κ1) is 9.44. The largest absolute Gasteiger partial charge is 0.382 e. The van der Waals surface area contributed by atoms with E-state index in [-0.39, 0.29) is 6.61 Å². The van der Waals surface area contributed by atoms with E-state index < -0.39 is 5.60 Å². The fourth-order valence-corrected chi connectivity index (χ4v) is 1.60. The van der Waals surface area contributed by atoms with Crippen molar-refractivity contribution in [2.45, 2.75) is 12.5 Å². The molecule has 0 aliphatic carbocycles. The summed E-state index contributed by atoms with van der Waals surface area (Å²) in [7, 11) is 1.54. The predicted molar refractivity (Wildman–Crippen MR) is 48.0 cm³/mol. The summed E-state index contributed by atoms with van der Waals surface area (Å²) >= 11 is 1.27. The molecule has 12 heavy (non-hydrogen) atoms. The van der Waals surface area contributed by atoms with Gasteiger partial charge >= 0.3 is 0 Å². The average molecular weight is 188 g/mol. The van der Waals surface area contributed by atoms with Crippen LogP contribution in [-0.2, 0) is 10.3 Å². The lowest BCUT2D eigenvalue weighted by atomic mass is 10.1. The molecule has 0 fully saturated rings. The molecule has 1 rings (SSSR count). The number of nitrogens with two attached hydrogens (primary N) is 1. The molecule has 5 heteroatoms. The van der Waals surface area contributed by atoms with Crippen molar-refractivity contribution >= 4 is 16.5 Å². The Morgan fingerprint density at radius 2 is 2.50 bits per heavy atom. The van der Waals surface area contributed by atoms with E-state index in [2.05, 4.69) is 4.98 Å². The highest BCUT2D eigenvalue weighted by atomic mass is 32.1. The minimum Gasteiger partial charge on any atom is -0.382 e. The number of aliphatic hydroxyl groups is 1. The SMILES string of the molecule is COCC(C)(O)c1cnc(N)s1. The smallest absolute Gasteiger partial charge is 0.180 e. The lowest BCUT2D eigenvalue weighted by Gasteiger charge is -2.19. The molecule has 4 nitrogen and oxygen atoms in total. The van der Waals surface area contributed by atoms with E-state index in [1.807, 2.05) is 0 Å². The second-order valence-electron chi connectivity index (χ2n) is 2.77. The number of hydrogen-bond acceptors (Lipinski definition) is 5. The molecule has 0 radical (unpaired) electrons. The molecule has 0 bridgehead atoms. The van der Waals surface area contributed by atoms with Crippen LogP contribution in [0.1, 0.15) is 11.8 Å². The zero-order chi connectivity index (χ0) is 9.19. The van der Waals surface area contributed by atoms with Gasteiger partial charge in [0.1, 0.15) is 5.60 Å². The third-order valence-electron chi connectivity index (χ3n) is 1.48. The zero-order valence-corrected chi connectivity index (χ0v) is 7.89. The molecule has 0 aliphatic heterocycles. The summed E-state index contributed by atoms with van der Waals surface area (Å²) in [5, 5.41) is 10.2. The molecular formula is C7H12N2O2S. The molecule has 0 saturated heterocycles. The number of methoxy groups -OCH3 is 1. The molecular weight excluding hydrogens is 176 g/mol. The van der Waals surface area contributed by atoms with Gasteiger partial charge in [0.2, 0.25) is 0 Å². The molecule has 0 saturated carbocycles. The fourth-order valence-electron chi connectivity index (χ4n) is 0.889. The van der Waals surface area contributed by atoms with Crippen LogP contribution in [0.25, 0.3) is 0 Å². The number of anilines is 1. The molecule has 3 N–H and O–H groups in total. The van der Waals surface area contributed by atoms with Crippen molar-refractivity contribution in [2.75, 3.05) is 19.5 Å². The van der Waals surface area contributed by atoms with E-state index in [4.69, 9.17) is 10.5 Å². The van der Waals surface area contributed by atoms with Crippen molar-refractivity contribution < 1.29 is 9.84 Å². The van der Waals surface area contributed by atoms with Crippen molar-refractivity contribution in [3.8, 4) is 0 Å². The van der Waals surface area contributed by atoms with Crippen LogP contribution < -0.4 is 5.73 Å². The topological polar surface area (TPSA) is 68.4 Å². The molecule has 1 heterocycles. The molecule has 68 valence electrons. The van der Waals surface area contributed by atoms with Gasteiger partial charge in [0, 0.05) is 13.3 Å². The second-order valence-corrected chi connectivity index (χ2v) is 3.83. The Bertz CT molecular complexity index is 260. The van der Waals surface area contributed by atoms with Crippen molar-refractivity contribution in [3.05, 3.63) is 11.1 Å². The lowest BCUT2D eigenvalue weighted by molar-refractivity contribution is -0.0182. The normalized spacial score (nSPS) is 15.9. The van der Waals surface area contributed by atoms with Gasteiger partial charge in [-0.15, -0.1) is 0 Å². The molecule has 1 atom stereocenters. The highest BCUT2D eigenvalue weighted by molar-refractivity contribution is 7.15. The van der Waals surface area contributed by atoms with Crippen molar-refractivity contribution in [3.63, 3.8) is 0 Å². The third-order valence-corrected chi connectivity index (χ3v) is 2.56. The maximum Gasteiger partial charge on any atom is 0.180 e. The van der Waals surface area contributed by atoms with Crippen LogP contribution in [0.5, 0.6) is 0 Å². The van der Waals surface area contributed by atoms with Gasteiger partial charge in [0.15, 0.2) is 5.13 Å². The number of nitrogens with zero attached hydrogens (tertiary/aromatic N) is 1. The highest BCUT2D eigenvalue weighted by Gasteiger charge is 2.25. The maximum absolute atomic E-state index is 9.79. The minimum atomic E-state index is -0.982. The van der Waals surface area contributed by atoms with E-state index in [9.17, 15) is 5.11 Å². The third kappa shape index (κ3) is 1.94. The van der Waals surface area contributed by atoms with Gasteiger partial charge in [-0.1, -0.05) is 11.3 Å². The Kier molecular flexibility index (Phi) is 2.66. The van der Waals surface area contributed by atoms with Crippen LogP contribution in [0.3, 0.4) is 0 Å². The van der Waals surface area contributed by atoms with E-state index in [0.717, 1.165) is 4.88 Å². The zero-order valence-electron chi connectivity index (χ0n) is 7.07. The Morgan fingerprint density at radius 3 is 2.92 bits per heavy atom. The van der Waals surface area contributed by atoms with Gasteiger partial charge in [-0.25, -0.2) is 4.98 Å². The number of hydrogen-bond donors (Lipinski definition) is 2. The first-order valence-corrected chi connectivity index (χ1v) is 4.31. The van der Waals surface area contributed by atoms with Gasteiger partial charge in [-0.2, -0.15) is 0 Å². The molecule has 0 aliphatic rings. The van der Waals surface area contributed by atoms with Crippen LogP contribution in [0.2, 0.25) is 0 Å². The number of aromatic nitrogens is 1. The summed E-state index contributed by atoms with van der Waals surface area (Å²) in [6.45, 7) is 1.91. The molecule has 0 spiro atoms. The summed E-state index contributed by atoms with van der Waals surface area (Å²) in [5.74, 6) is 0. The lowest BCUT2D eigenvalue weighted by Crippen LogP contribution is -2.25. The summed E-state index contributed by atoms with van der Waals surface area (Å²) < 4.78 is 4.86. The molecule has 1 aromatic rings. The first-order valence-electron chi connectivity index (χ1n) is 3.49. The van der Waals surface area contributed by atoms with Crippen molar-refractivity contribution in [2.24, 2.45) is 0 Å². The Hall–Kier alpha value is -0.650. The second kappa shape index (κ2) is 3.38. The van der Waals surface area contributed by atoms with Crippen LogP contribution in [0, 0.1) is 0 Å². The maximum atomic E-state index is 9.79. The van der Waals surface area contributed by atoms with Crippen molar-refractivity contribution in [1.29, 1.82) is 0 Å². The minimum absolute atomic E-state index is 0.245. The quantitative estimate of drug-likeness (QED) is 0.728. The number of rotatable bonds is 3. The van der Waals surface area contributed by atoms with Gasteiger partial charge in [-0.3, -0.25) is 0 Å². The van der Waals surface area contributed by atoms with Gasteiger partial charge in [0.25, 0.3) is 0 Å². The summed E-state index contributed by atoms with van der Waals surface area (Å²) in [4.78, 5) is 4.57. The predicted octanol–water partition coefficient (Wildman–Crippen LogP) is 0.579. The first-order chi connectivity index (χ1) is 5.56. The van der Waals surface area contributed by atoms with E-state index >= 15 is 0 Å². The fraction of sp³-hybridized carbons (Fsp3) is 0.571. The average Bonchev–Trinajstić information content (AvgIpc) is 2.36. The van der Waals surface area contributed by atoms with Crippen LogP contribution in [-0.4, -0.2) is 23.8 Å². The summed E-state index contributed by atoms with van der Waals surface area (Å²) in [6.07, 6.45) is 1.57. The van der Waals surface area contributed by atoms with Gasteiger partial charge in [0.05, 0.1) is 11.5 Å². The Balaban J connectivity index is 2.81. The van der Waals surface area contributed by atoms with Crippen LogP contribution >= 0.6 is 11.3 Å². The summed E-state index contributed by atoms with van der Waals surface area (Å²) in [5.41, 5.74) is 4.44. The van der Waals surface area contributed by atoms with E-state index in [1.54, 1.807) is 20.2 Å². The van der Waals surface area contributed by atoms with Crippen LogP contribution in [0.15, 0.2) is 6.20 Å². The van der Waals surface area contributed by atoms with Gasteiger partial charge < -0.3 is 15.6 Å². The Labute approximate surface area is 75.0 Å². The van der Waals surface area contributed by atoms with Gasteiger partial charge in [-0.05, 0) is 6.92 Å². The molecule has 1 aromatic heterocycles. The number of nitrogen functional groups attached to an aromatic ring is 1.